The normalized spacial score (nSPS) is 32.2. The van der Waals surface area contributed by atoms with Gasteiger partial charge in [-0.1, -0.05) is 26.7 Å². The summed E-state index contributed by atoms with van der Waals surface area (Å²) in [6.07, 6.45) is 7.46. The second-order valence-corrected chi connectivity index (χ2v) is 9.02. The van der Waals surface area contributed by atoms with Crippen molar-refractivity contribution in [2.75, 3.05) is 20.2 Å². The maximum Gasteiger partial charge on any atom is 0.326 e. The van der Waals surface area contributed by atoms with Crippen LogP contribution in [0.15, 0.2) is 0 Å². The van der Waals surface area contributed by atoms with Gasteiger partial charge in [-0.15, -0.1) is 0 Å². The van der Waals surface area contributed by atoms with Gasteiger partial charge in [-0.05, 0) is 50.4 Å². The highest BCUT2D eigenvalue weighted by molar-refractivity contribution is 6.09. The van der Waals surface area contributed by atoms with Gasteiger partial charge in [-0.25, -0.2) is 4.79 Å². The lowest BCUT2D eigenvalue weighted by Crippen LogP contribution is -2.54. The third-order valence-electron chi connectivity index (χ3n) is 7.07. The lowest BCUT2D eigenvalue weighted by molar-refractivity contribution is -0.154. The topological polar surface area (TPSA) is 96.0 Å². The summed E-state index contributed by atoms with van der Waals surface area (Å²) in [5.74, 6) is -0.638. The zero-order valence-electron chi connectivity index (χ0n) is 17.7. The molecule has 3 rings (SSSR count). The SMILES string of the molecule is CC1CCC(N(C)C(=O)COC(=O)CN2C(=O)N[C@@]3(CCCC[C@H]3C)C2=O)CC1. The number of hydrogen-bond acceptors (Lipinski definition) is 5. The van der Waals surface area contributed by atoms with Crippen LogP contribution >= 0.6 is 0 Å². The van der Waals surface area contributed by atoms with Crippen LogP contribution in [-0.2, 0) is 19.1 Å². The van der Waals surface area contributed by atoms with Gasteiger partial charge >= 0.3 is 12.0 Å². The minimum atomic E-state index is -0.899. The minimum absolute atomic E-state index is 0.0298. The molecule has 0 bridgehead atoms. The lowest BCUT2D eigenvalue weighted by atomic mass is 9.73. The van der Waals surface area contributed by atoms with Gasteiger partial charge < -0.3 is 15.0 Å². The van der Waals surface area contributed by atoms with Gasteiger partial charge in [0.05, 0.1) is 0 Å². The quantitative estimate of drug-likeness (QED) is 0.556. The highest BCUT2D eigenvalue weighted by Gasteiger charge is 2.55. The van der Waals surface area contributed by atoms with Crippen LogP contribution in [0.25, 0.3) is 0 Å². The number of carbonyl (C=O) groups excluding carboxylic acids is 4. The Morgan fingerprint density at radius 3 is 2.48 bits per heavy atom. The van der Waals surface area contributed by atoms with Crippen LogP contribution in [0.1, 0.15) is 65.2 Å². The van der Waals surface area contributed by atoms with Gasteiger partial charge in [0.15, 0.2) is 6.61 Å². The molecule has 8 nitrogen and oxygen atoms in total. The Hall–Kier alpha value is -2.12. The van der Waals surface area contributed by atoms with Crippen molar-refractivity contribution in [2.24, 2.45) is 11.8 Å². The van der Waals surface area contributed by atoms with E-state index in [2.05, 4.69) is 12.2 Å². The molecule has 2 saturated carbocycles. The van der Waals surface area contributed by atoms with Crippen molar-refractivity contribution in [1.82, 2.24) is 15.1 Å². The van der Waals surface area contributed by atoms with E-state index in [0.717, 1.165) is 49.8 Å². The van der Waals surface area contributed by atoms with Crippen LogP contribution in [0, 0.1) is 11.8 Å². The van der Waals surface area contributed by atoms with E-state index >= 15 is 0 Å². The van der Waals surface area contributed by atoms with Crippen molar-refractivity contribution in [3.05, 3.63) is 0 Å². The summed E-state index contributed by atoms with van der Waals surface area (Å²) in [5.41, 5.74) is -0.899. The Balaban J connectivity index is 1.49. The van der Waals surface area contributed by atoms with Gasteiger partial charge in [0, 0.05) is 13.1 Å². The number of urea groups is 1. The molecule has 1 aliphatic heterocycles. The largest absolute Gasteiger partial charge is 0.454 e. The molecule has 3 fully saturated rings. The first-order valence-electron chi connectivity index (χ1n) is 10.8. The molecule has 8 heteroatoms. The van der Waals surface area contributed by atoms with E-state index in [1.54, 1.807) is 11.9 Å². The molecular weight excluding hydrogens is 374 g/mol. The number of likely N-dealkylation sites (N-methyl/N-ethyl adjacent to an activating group) is 1. The Morgan fingerprint density at radius 1 is 1.14 bits per heavy atom. The summed E-state index contributed by atoms with van der Waals surface area (Å²) in [4.78, 5) is 52.4. The lowest BCUT2D eigenvalue weighted by Gasteiger charge is -2.36. The van der Waals surface area contributed by atoms with Crippen LogP contribution in [0.3, 0.4) is 0 Å². The smallest absolute Gasteiger partial charge is 0.326 e. The number of esters is 1. The third kappa shape index (κ3) is 4.41. The molecule has 1 saturated heterocycles. The van der Waals surface area contributed by atoms with E-state index in [-0.39, 0.29) is 30.4 Å². The summed E-state index contributed by atoms with van der Waals surface area (Å²) in [6.45, 7) is 3.34. The number of rotatable bonds is 5. The first kappa shape index (κ1) is 21.6. The molecule has 0 unspecified atom stereocenters. The maximum absolute atomic E-state index is 12.9. The van der Waals surface area contributed by atoms with E-state index in [1.165, 1.54) is 0 Å². The van der Waals surface area contributed by atoms with Crippen LogP contribution in [0.2, 0.25) is 0 Å². The number of carbonyl (C=O) groups is 4. The molecule has 0 aromatic carbocycles. The fraction of sp³-hybridized carbons (Fsp3) is 0.810. The molecule has 1 heterocycles. The molecule has 1 spiro atoms. The highest BCUT2D eigenvalue weighted by Crippen LogP contribution is 2.38. The fourth-order valence-electron chi connectivity index (χ4n) is 4.89. The molecule has 2 atom stereocenters. The highest BCUT2D eigenvalue weighted by atomic mass is 16.5. The Kier molecular flexibility index (Phi) is 6.49. The molecule has 3 aliphatic rings. The van der Waals surface area contributed by atoms with Crippen molar-refractivity contribution in [2.45, 2.75) is 76.8 Å². The number of nitrogens with zero attached hydrogens (tertiary/aromatic N) is 2. The Labute approximate surface area is 172 Å². The Morgan fingerprint density at radius 2 is 1.83 bits per heavy atom. The first-order chi connectivity index (χ1) is 13.7. The molecule has 0 aromatic heterocycles. The maximum atomic E-state index is 12.9. The summed E-state index contributed by atoms with van der Waals surface area (Å²) >= 11 is 0. The minimum Gasteiger partial charge on any atom is -0.454 e. The van der Waals surface area contributed by atoms with Crippen molar-refractivity contribution >= 4 is 23.8 Å². The monoisotopic (exact) mass is 407 g/mol. The summed E-state index contributed by atoms with van der Waals surface area (Å²) < 4.78 is 5.09. The zero-order valence-corrected chi connectivity index (χ0v) is 17.7. The average molecular weight is 408 g/mol. The van der Waals surface area contributed by atoms with E-state index in [4.69, 9.17) is 4.74 Å². The number of hydrogen-bond donors (Lipinski definition) is 1. The number of amides is 4. The fourth-order valence-corrected chi connectivity index (χ4v) is 4.89. The predicted molar refractivity (Wildman–Crippen MR) is 106 cm³/mol. The average Bonchev–Trinajstić information content (AvgIpc) is 2.93. The summed E-state index contributed by atoms with van der Waals surface area (Å²) in [6, 6.07) is -0.378. The van der Waals surface area contributed by atoms with Crippen molar-refractivity contribution < 1.29 is 23.9 Å². The van der Waals surface area contributed by atoms with Gasteiger partial charge in [0.25, 0.3) is 11.8 Å². The zero-order chi connectivity index (χ0) is 21.2. The number of nitrogens with one attached hydrogen (secondary N) is 1. The second kappa shape index (κ2) is 8.71. The third-order valence-corrected chi connectivity index (χ3v) is 7.07. The summed E-state index contributed by atoms with van der Waals surface area (Å²) in [5, 5.41) is 2.81. The first-order valence-corrected chi connectivity index (χ1v) is 10.8. The van der Waals surface area contributed by atoms with Gasteiger partial charge in [0.1, 0.15) is 12.1 Å². The van der Waals surface area contributed by atoms with Crippen LogP contribution in [0.5, 0.6) is 0 Å². The molecule has 0 radical (unpaired) electrons. The van der Waals surface area contributed by atoms with Crippen molar-refractivity contribution in [3.8, 4) is 0 Å². The standard InChI is InChI=1S/C21H33N3O5/c1-14-7-9-16(10-8-14)23(3)17(25)13-29-18(26)12-24-19(27)21(22-20(24)28)11-5-4-6-15(21)2/h14-16H,4-13H2,1-3H3,(H,22,28)/t14?,15-,16?,21-/m1/s1. The number of ether oxygens (including phenoxy) is 1. The Bertz CT molecular complexity index is 673. The molecule has 1 N–H and O–H groups in total. The molecule has 4 amide bonds. The van der Waals surface area contributed by atoms with Crippen LogP contribution < -0.4 is 5.32 Å². The van der Waals surface area contributed by atoms with Crippen LogP contribution in [0.4, 0.5) is 4.79 Å². The molecule has 2 aliphatic carbocycles. The second-order valence-electron chi connectivity index (χ2n) is 9.02. The van der Waals surface area contributed by atoms with Gasteiger partial charge in [-0.3, -0.25) is 19.3 Å². The summed E-state index contributed by atoms with van der Waals surface area (Å²) in [7, 11) is 1.74. The molecule has 162 valence electrons. The van der Waals surface area contributed by atoms with E-state index in [9.17, 15) is 19.2 Å². The number of imide groups is 1. The van der Waals surface area contributed by atoms with Gasteiger partial charge in [-0.2, -0.15) is 0 Å². The molecule has 29 heavy (non-hydrogen) atoms. The van der Waals surface area contributed by atoms with Crippen LogP contribution in [-0.4, -0.2) is 65.4 Å². The molecular formula is C21H33N3O5. The van der Waals surface area contributed by atoms with E-state index in [1.807, 2.05) is 6.92 Å². The predicted octanol–water partition coefficient (Wildman–Crippen LogP) is 2.07. The van der Waals surface area contributed by atoms with E-state index in [0.29, 0.717) is 12.3 Å². The van der Waals surface area contributed by atoms with E-state index < -0.39 is 24.1 Å². The van der Waals surface area contributed by atoms with Crippen molar-refractivity contribution in [1.29, 1.82) is 0 Å². The van der Waals surface area contributed by atoms with Gasteiger partial charge in [0.2, 0.25) is 0 Å². The molecule has 0 aromatic rings. The van der Waals surface area contributed by atoms with Crippen molar-refractivity contribution in [3.63, 3.8) is 0 Å².